The van der Waals surface area contributed by atoms with E-state index >= 15 is 0 Å². The highest BCUT2D eigenvalue weighted by Gasteiger charge is 2.42. The van der Waals surface area contributed by atoms with E-state index in [-0.39, 0.29) is 5.97 Å². The first-order chi connectivity index (χ1) is 10.7. The molecule has 0 amide bonds. The molecular weight excluding hydrogens is 274 g/mol. The minimum Gasteiger partial charge on any atom is -0.464 e. The third-order valence-corrected chi connectivity index (χ3v) is 4.96. The van der Waals surface area contributed by atoms with Crippen molar-refractivity contribution in [2.24, 2.45) is 0 Å². The maximum Gasteiger partial charge on any atom is 0.316 e. The van der Waals surface area contributed by atoms with Gasteiger partial charge in [0, 0.05) is 6.54 Å². The van der Waals surface area contributed by atoms with Gasteiger partial charge in [-0.15, -0.1) is 0 Å². The third-order valence-electron chi connectivity index (χ3n) is 4.96. The van der Waals surface area contributed by atoms with Gasteiger partial charge in [0.05, 0.1) is 5.41 Å². The summed E-state index contributed by atoms with van der Waals surface area (Å²) < 4.78 is 5.69. The molecule has 1 aliphatic rings. The normalized spacial score (nSPS) is 17.4. The quantitative estimate of drug-likeness (QED) is 0.718. The number of nitrogens with zero attached hydrogens (tertiary/aromatic N) is 1. The van der Waals surface area contributed by atoms with Crippen molar-refractivity contribution in [2.75, 3.05) is 26.2 Å². The van der Waals surface area contributed by atoms with Gasteiger partial charge in [0.2, 0.25) is 0 Å². The standard InChI is InChI=1S/C19H29NO2/c1-3-20(4-2)15-16-22-18(21)19(13-9-6-10-14-19)17-11-7-5-8-12-17/h5,7-8,11-12H,3-4,6,9-10,13-16H2,1-2H3. The lowest BCUT2D eigenvalue weighted by Crippen LogP contribution is -2.40. The van der Waals surface area contributed by atoms with E-state index in [1.165, 1.54) is 6.42 Å². The molecule has 0 N–H and O–H groups in total. The molecule has 0 aliphatic heterocycles. The highest BCUT2D eigenvalue weighted by atomic mass is 16.5. The fraction of sp³-hybridized carbons (Fsp3) is 0.632. The molecule has 122 valence electrons. The van der Waals surface area contributed by atoms with Crippen LogP contribution in [0.3, 0.4) is 0 Å². The number of likely N-dealkylation sites (N-methyl/N-ethyl adjacent to an activating group) is 1. The van der Waals surface area contributed by atoms with Crippen LogP contribution in [0.1, 0.15) is 51.5 Å². The van der Waals surface area contributed by atoms with Crippen molar-refractivity contribution < 1.29 is 9.53 Å². The second-order valence-electron chi connectivity index (χ2n) is 6.17. The van der Waals surface area contributed by atoms with Gasteiger partial charge in [-0.3, -0.25) is 4.79 Å². The number of carbonyl (C=O) groups excluding carboxylic acids is 1. The Morgan fingerprint density at radius 3 is 2.32 bits per heavy atom. The van der Waals surface area contributed by atoms with Crippen molar-refractivity contribution >= 4 is 5.97 Å². The zero-order valence-electron chi connectivity index (χ0n) is 14.0. The zero-order chi connectivity index (χ0) is 15.8. The zero-order valence-corrected chi connectivity index (χ0v) is 14.0. The predicted molar refractivity (Wildman–Crippen MR) is 90.0 cm³/mol. The molecule has 1 aliphatic carbocycles. The number of benzene rings is 1. The maximum atomic E-state index is 12.8. The fourth-order valence-corrected chi connectivity index (χ4v) is 3.47. The molecule has 0 heterocycles. The molecule has 1 saturated carbocycles. The molecule has 0 bridgehead atoms. The summed E-state index contributed by atoms with van der Waals surface area (Å²) in [7, 11) is 0. The van der Waals surface area contributed by atoms with E-state index in [0.717, 1.165) is 50.9 Å². The van der Waals surface area contributed by atoms with Gasteiger partial charge in [-0.1, -0.05) is 63.4 Å². The van der Waals surface area contributed by atoms with Crippen LogP contribution in [0.2, 0.25) is 0 Å². The molecule has 0 aromatic heterocycles. The molecule has 0 spiro atoms. The van der Waals surface area contributed by atoms with Gasteiger partial charge in [-0.05, 0) is 31.5 Å². The van der Waals surface area contributed by atoms with Crippen LogP contribution in [-0.4, -0.2) is 37.1 Å². The van der Waals surface area contributed by atoms with E-state index in [4.69, 9.17) is 4.74 Å². The van der Waals surface area contributed by atoms with Crippen LogP contribution in [0.15, 0.2) is 30.3 Å². The molecule has 0 unspecified atom stereocenters. The molecule has 1 aromatic carbocycles. The van der Waals surface area contributed by atoms with Crippen molar-refractivity contribution in [1.29, 1.82) is 0 Å². The number of rotatable bonds is 7. The van der Waals surface area contributed by atoms with Crippen LogP contribution in [0.25, 0.3) is 0 Å². The smallest absolute Gasteiger partial charge is 0.316 e. The van der Waals surface area contributed by atoms with Gasteiger partial charge >= 0.3 is 5.97 Å². The third kappa shape index (κ3) is 3.89. The van der Waals surface area contributed by atoms with Gasteiger partial charge in [-0.25, -0.2) is 0 Å². The van der Waals surface area contributed by atoms with Gasteiger partial charge < -0.3 is 9.64 Å². The van der Waals surface area contributed by atoms with Crippen molar-refractivity contribution in [2.45, 2.75) is 51.4 Å². The monoisotopic (exact) mass is 303 g/mol. The van der Waals surface area contributed by atoms with Crippen molar-refractivity contribution in [3.05, 3.63) is 35.9 Å². The van der Waals surface area contributed by atoms with Crippen LogP contribution in [0.5, 0.6) is 0 Å². The van der Waals surface area contributed by atoms with Crippen LogP contribution >= 0.6 is 0 Å². The first-order valence-corrected chi connectivity index (χ1v) is 8.68. The van der Waals surface area contributed by atoms with Crippen molar-refractivity contribution in [3.63, 3.8) is 0 Å². The van der Waals surface area contributed by atoms with Crippen molar-refractivity contribution in [3.8, 4) is 0 Å². The highest BCUT2D eigenvalue weighted by Crippen LogP contribution is 2.40. The summed E-state index contributed by atoms with van der Waals surface area (Å²) >= 11 is 0. The first-order valence-electron chi connectivity index (χ1n) is 8.68. The molecule has 0 saturated heterocycles. The number of carbonyl (C=O) groups is 1. The van der Waals surface area contributed by atoms with E-state index in [9.17, 15) is 4.79 Å². The molecule has 22 heavy (non-hydrogen) atoms. The average molecular weight is 303 g/mol. The Labute approximate surface area is 134 Å². The molecule has 3 nitrogen and oxygen atoms in total. The first kappa shape index (κ1) is 17.0. The highest BCUT2D eigenvalue weighted by molar-refractivity contribution is 5.83. The Morgan fingerprint density at radius 2 is 1.73 bits per heavy atom. The minimum atomic E-state index is -0.414. The maximum absolute atomic E-state index is 12.8. The van der Waals surface area contributed by atoms with Crippen LogP contribution < -0.4 is 0 Å². The molecular formula is C19H29NO2. The summed E-state index contributed by atoms with van der Waals surface area (Å²) in [6.45, 7) is 7.59. The van der Waals surface area contributed by atoms with Crippen LogP contribution in [-0.2, 0) is 14.9 Å². The lowest BCUT2D eigenvalue weighted by atomic mass is 9.69. The van der Waals surface area contributed by atoms with E-state index in [1.54, 1.807) is 0 Å². The molecule has 1 fully saturated rings. The number of hydrogen-bond donors (Lipinski definition) is 0. The Hall–Kier alpha value is -1.35. The number of ether oxygens (including phenoxy) is 1. The Morgan fingerprint density at radius 1 is 1.09 bits per heavy atom. The Balaban J connectivity index is 2.04. The largest absolute Gasteiger partial charge is 0.464 e. The second-order valence-corrected chi connectivity index (χ2v) is 6.17. The summed E-state index contributed by atoms with van der Waals surface area (Å²) in [6, 6.07) is 10.2. The van der Waals surface area contributed by atoms with E-state index < -0.39 is 5.41 Å². The molecule has 3 heteroatoms. The fourth-order valence-electron chi connectivity index (χ4n) is 3.47. The SMILES string of the molecule is CCN(CC)CCOC(=O)C1(c2ccccc2)CCCCC1. The molecule has 2 rings (SSSR count). The van der Waals surface area contributed by atoms with Gasteiger partial charge in [0.15, 0.2) is 0 Å². The number of esters is 1. The van der Waals surface area contributed by atoms with Gasteiger partial charge in [0.25, 0.3) is 0 Å². The number of hydrogen-bond acceptors (Lipinski definition) is 3. The second kappa shape index (κ2) is 8.33. The van der Waals surface area contributed by atoms with E-state index in [1.807, 2.05) is 18.2 Å². The molecule has 1 aromatic rings. The minimum absolute atomic E-state index is 0.0226. The topological polar surface area (TPSA) is 29.5 Å². The van der Waals surface area contributed by atoms with Crippen LogP contribution in [0, 0.1) is 0 Å². The summed E-state index contributed by atoms with van der Waals surface area (Å²) in [6.07, 6.45) is 5.28. The summed E-state index contributed by atoms with van der Waals surface area (Å²) in [5.74, 6) is -0.0226. The average Bonchev–Trinajstić information content (AvgIpc) is 2.60. The predicted octanol–water partition coefficient (Wildman–Crippen LogP) is 3.77. The summed E-state index contributed by atoms with van der Waals surface area (Å²) in [4.78, 5) is 15.1. The van der Waals surface area contributed by atoms with Gasteiger partial charge in [-0.2, -0.15) is 0 Å². The molecule has 0 radical (unpaired) electrons. The van der Waals surface area contributed by atoms with Gasteiger partial charge in [0.1, 0.15) is 6.61 Å². The van der Waals surface area contributed by atoms with E-state index in [2.05, 4.69) is 30.9 Å². The van der Waals surface area contributed by atoms with E-state index in [0.29, 0.717) is 6.61 Å². The Kier molecular flexibility index (Phi) is 6.44. The Bertz CT molecular complexity index is 448. The molecule has 0 atom stereocenters. The van der Waals surface area contributed by atoms with Crippen molar-refractivity contribution in [1.82, 2.24) is 4.90 Å². The summed E-state index contributed by atoms with van der Waals surface area (Å²) in [5, 5.41) is 0. The van der Waals surface area contributed by atoms with Crippen LogP contribution in [0.4, 0.5) is 0 Å². The lowest BCUT2D eigenvalue weighted by molar-refractivity contribution is -0.152. The lowest BCUT2D eigenvalue weighted by Gasteiger charge is -2.35. The summed E-state index contributed by atoms with van der Waals surface area (Å²) in [5.41, 5.74) is 0.713.